The standard InChI is InChI=1S/C11H13BrF3N3/c1-2-16-10-8(12)9(6-3-4-6)17-7(18-10)5-11(13,14)15/h6H,2-5H2,1H3,(H,16,17,18). The molecule has 0 bridgehead atoms. The lowest BCUT2D eigenvalue weighted by Crippen LogP contribution is -2.16. The van der Waals surface area contributed by atoms with E-state index in [-0.39, 0.29) is 11.7 Å². The van der Waals surface area contributed by atoms with E-state index in [1.54, 1.807) is 0 Å². The van der Waals surface area contributed by atoms with Crippen molar-refractivity contribution in [3.63, 3.8) is 0 Å². The van der Waals surface area contributed by atoms with Gasteiger partial charge in [-0.1, -0.05) is 0 Å². The summed E-state index contributed by atoms with van der Waals surface area (Å²) in [7, 11) is 0. The number of nitrogens with one attached hydrogen (secondary N) is 1. The van der Waals surface area contributed by atoms with Crippen LogP contribution in [-0.4, -0.2) is 22.7 Å². The Labute approximate surface area is 111 Å². The zero-order chi connectivity index (χ0) is 13.3. The Hall–Kier alpha value is -0.850. The molecule has 100 valence electrons. The Morgan fingerprint density at radius 3 is 2.50 bits per heavy atom. The number of anilines is 1. The number of hydrogen-bond acceptors (Lipinski definition) is 3. The molecule has 0 atom stereocenters. The molecule has 1 N–H and O–H groups in total. The first-order chi connectivity index (χ1) is 8.40. The van der Waals surface area contributed by atoms with E-state index >= 15 is 0 Å². The maximum absolute atomic E-state index is 12.4. The molecule has 0 saturated heterocycles. The van der Waals surface area contributed by atoms with Gasteiger partial charge in [-0.15, -0.1) is 0 Å². The van der Waals surface area contributed by atoms with Crippen molar-refractivity contribution in [3.05, 3.63) is 16.0 Å². The minimum Gasteiger partial charge on any atom is -0.369 e. The number of rotatable bonds is 4. The second kappa shape index (κ2) is 5.03. The smallest absolute Gasteiger partial charge is 0.369 e. The molecule has 0 spiro atoms. The molecule has 1 saturated carbocycles. The van der Waals surface area contributed by atoms with Crippen LogP contribution in [0.25, 0.3) is 0 Å². The van der Waals surface area contributed by atoms with Crippen LogP contribution in [0.2, 0.25) is 0 Å². The number of aromatic nitrogens is 2. The van der Waals surface area contributed by atoms with Crippen molar-refractivity contribution in [2.75, 3.05) is 11.9 Å². The number of hydrogen-bond donors (Lipinski definition) is 1. The van der Waals surface area contributed by atoms with E-state index in [1.165, 1.54) is 0 Å². The van der Waals surface area contributed by atoms with Crippen molar-refractivity contribution in [2.24, 2.45) is 0 Å². The first-order valence-corrected chi connectivity index (χ1v) is 6.57. The third-order valence-electron chi connectivity index (χ3n) is 2.59. The fourth-order valence-electron chi connectivity index (χ4n) is 1.68. The van der Waals surface area contributed by atoms with Gasteiger partial charge in [0.25, 0.3) is 0 Å². The van der Waals surface area contributed by atoms with Gasteiger partial charge in [0, 0.05) is 12.5 Å². The molecule has 1 aliphatic rings. The zero-order valence-corrected chi connectivity index (χ0v) is 11.4. The second-order valence-electron chi connectivity index (χ2n) is 4.28. The lowest BCUT2D eigenvalue weighted by atomic mass is 10.2. The van der Waals surface area contributed by atoms with Gasteiger partial charge in [-0.25, -0.2) is 9.97 Å². The van der Waals surface area contributed by atoms with Gasteiger partial charge >= 0.3 is 6.18 Å². The highest BCUT2D eigenvalue weighted by molar-refractivity contribution is 9.10. The molecular weight excluding hydrogens is 311 g/mol. The first kappa shape index (κ1) is 13.6. The third kappa shape index (κ3) is 3.34. The van der Waals surface area contributed by atoms with Crippen molar-refractivity contribution < 1.29 is 13.2 Å². The van der Waals surface area contributed by atoms with Crippen LogP contribution < -0.4 is 5.32 Å². The lowest BCUT2D eigenvalue weighted by molar-refractivity contribution is -0.128. The van der Waals surface area contributed by atoms with Gasteiger partial charge in [0.1, 0.15) is 18.1 Å². The number of nitrogens with zero attached hydrogens (tertiary/aromatic N) is 2. The average Bonchev–Trinajstić information content (AvgIpc) is 3.04. The summed E-state index contributed by atoms with van der Waals surface area (Å²) in [5.74, 6) is 0.559. The van der Waals surface area contributed by atoms with Gasteiger partial charge in [0.05, 0.1) is 10.2 Å². The van der Waals surface area contributed by atoms with E-state index in [2.05, 4.69) is 31.2 Å². The molecule has 1 aliphatic carbocycles. The quantitative estimate of drug-likeness (QED) is 0.919. The largest absolute Gasteiger partial charge is 0.396 e. The predicted octanol–water partition coefficient (Wildman–Crippen LogP) is 3.65. The van der Waals surface area contributed by atoms with Crippen molar-refractivity contribution >= 4 is 21.7 Å². The Bertz CT molecular complexity index is 444. The molecule has 3 nitrogen and oxygen atoms in total. The maximum Gasteiger partial charge on any atom is 0.396 e. The van der Waals surface area contributed by atoms with Crippen molar-refractivity contribution in [3.8, 4) is 0 Å². The highest BCUT2D eigenvalue weighted by Crippen LogP contribution is 2.44. The summed E-state index contributed by atoms with van der Waals surface area (Å²) in [6, 6.07) is 0. The summed E-state index contributed by atoms with van der Waals surface area (Å²) in [6.45, 7) is 2.47. The maximum atomic E-state index is 12.4. The molecule has 0 amide bonds. The van der Waals surface area contributed by atoms with E-state index in [0.717, 1.165) is 12.8 Å². The summed E-state index contributed by atoms with van der Waals surface area (Å²) in [6.07, 6.45) is -3.41. The molecule has 1 aromatic heterocycles. The van der Waals surface area contributed by atoms with Crippen LogP contribution in [0.1, 0.15) is 37.2 Å². The lowest BCUT2D eigenvalue weighted by Gasteiger charge is -2.12. The topological polar surface area (TPSA) is 37.8 Å². The van der Waals surface area contributed by atoms with Gasteiger partial charge in [-0.2, -0.15) is 13.2 Å². The highest BCUT2D eigenvalue weighted by Gasteiger charge is 2.33. The van der Waals surface area contributed by atoms with E-state index in [4.69, 9.17) is 0 Å². The second-order valence-corrected chi connectivity index (χ2v) is 5.08. The SMILES string of the molecule is CCNc1nc(CC(F)(F)F)nc(C2CC2)c1Br. The van der Waals surface area contributed by atoms with E-state index < -0.39 is 12.6 Å². The van der Waals surface area contributed by atoms with Gasteiger partial charge in [-0.3, -0.25) is 0 Å². The summed E-state index contributed by atoms with van der Waals surface area (Å²) in [4.78, 5) is 7.97. The van der Waals surface area contributed by atoms with Gasteiger partial charge in [0.15, 0.2) is 0 Å². The van der Waals surface area contributed by atoms with Crippen LogP contribution >= 0.6 is 15.9 Å². The van der Waals surface area contributed by atoms with Crippen LogP contribution in [0.5, 0.6) is 0 Å². The van der Waals surface area contributed by atoms with Crippen LogP contribution in [0.4, 0.5) is 19.0 Å². The molecule has 1 heterocycles. The molecule has 7 heteroatoms. The Kier molecular flexibility index (Phi) is 3.79. The molecule has 0 aromatic carbocycles. The van der Waals surface area contributed by atoms with Crippen molar-refractivity contribution in [1.82, 2.24) is 9.97 Å². The highest BCUT2D eigenvalue weighted by atomic mass is 79.9. The van der Waals surface area contributed by atoms with E-state index in [0.29, 0.717) is 22.5 Å². The number of alkyl halides is 3. The third-order valence-corrected chi connectivity index (χ3v) is 3.37. The molecule has 0 unspecified atom stereocenters. The van der Waals surface area contributed by atoms with Crippen molar-refractivity contribution in [1.29, 1.82) is 0 Å². The zero-order valence-electron chi connectivity index (χ0n) is 9.81. The van der Waals surface area contributed by atoms with E-state index in [1.807, 2.05) is 6.92 Å². The van der Waals surface area contributed by atoms with Gasteiger partial charge in [-0.05, 0) is 35.7 Å². The first-order valence-electron chi connectivity index (χ1n) is 5.77. The average molecular weight is 324 g/mol. The molecule has 1 fully saturated rings. The summed E-state index contributed by atoms with van der Waals surface area (Å²) in [5, 5.41) is 2.96. The fraction of sp³-hybridized carbons (Fsp3) is 0.636. The summed E-state index contributed by atoms with van der Waals surface area (Å²) >= 11 is 3.37. The Morgan fingerprint density at radius 1 is 1.33 bits per heavy atom. The van der Waals surface area contributed by atoms with Gasteiger partial charge < -0.3 is 5.32 Å². The van der Waals surface area contributed by atoms with Crippen LogP contribution in [0.3, 0.4) is 0 Å². The van der Waals surface area contributed by atoms with Crippen LogP contribution in [0, 0.1) is 0 Å². The Morgan fingerprint density at radius 2 is 2.00 bits per heavy atom. The monoisotopic (exact) mass is 323 g/mol. The molecule has 18 heavy (non-hydrogen) atoms. The molecule has 1 aromatic rings. The molecule has 2 rings (SSSR count). The summed E-state index contributed by atoms with van der Waals surface area (Å²) < 4.78 is 37.9. The van der Waals surface area contributed by atoms with Crippen LogP contribution in [0.15, 0.2) is 4.47 Å². The minimum atomic E-state index is -4.28. The normalized spacial score (nSPS) is 15.8. The predicted molar refractivity (Wildman–Crippen MR) is 65.6 cm³/mol. The molecule has 0 aliphatic heterocycles. The Balaban J connectivity index is 2.35. The van der Waals surface area contributed by atoms with E-state index in [9.17, 15) is 13.2 Å². The molecular formula is C11H13BrF3N3. The van der Waals surface area contributed by atoms with Gasteiger partial charge in [0.2, 0.25) is 0 Å². The van der Waals surface area contributed by atoms with Crippen LogP contribution in [-0.2, 0) is 6.42 Å². The van der Waals surface area contributed by atoms with Crippen molar-refractivity contribution in [2.45, 2.75) is 38.3 Å². The fourth-order valence-corrected chi connectivity index (χ4v) is 2.32. The molecule has 0 radical (unpaired) electrons. The number of halogens is 4. The summed E-state index contributed by atoms with van der Waals surface area (Å²) in [5.41, 5.74) is 0.695. The minimum absolute atomic E-state index is 0.163.